The van der Waals surface area contributed by atoms with Crippen LogP contribution in [0.1, 0.15) is 27.3 Å². The molecule has 1 aliphatic heterocycles. The van der Waals surface area contributed by atoms with Gasteiger partial charge in [-0.05, 0) is 12.5 Å². The highest BCUT2D eigenvalue weighted by molar-refractivity contribution is 7.17. The van der Waals surface area contributed by atoms with Gasteiger partial charge in [-0.2, -0.15) is 5.10 Å². The van der Waals surface area contributed by atoms with E-state index in [1.165, 1.54) is 17.4 Å². The lowest BCUT2D eigenvalue weighted by molar-refractivity contribution is 0.0954. The average molecular weight is 431 g/mol. The number of hydrogen-bond acceptors (Lipinski definition) is 5. The Balaban J connectivity index is 1.39. The van der Waals surface area contributed by atoms with Gasteiger partial charge in [0, 0.05) is 51.4 Å². The zero-order valence-electron chi connectivity index (χ0n) is 16.8. The van der Waals surface area contributed by atoms with Crippen molar-refractivity contribution >= 4 is 28.4 Å². The van der Waals surface area contributed by atoms with Gasteiger partial charge in [0.25, 0.3) is 5.91 Å². The van der Waals surface area contributed by atoms with E-state index in [0.717, 1.165) is 11.1 Å². The largest absolute Gasteiger partial charge is 0.347 e. The topological polar surface area (TPSA) is 83.4 Å². The summed E-state index contributed by atoms with van der Waals surface area (Å²) in [6.45, 7) is 3.65. The summed E-state index contributed by atoms with van der Waals surface area (Å²) in [6, 6.07) is -0.150. The number of alkyl halides is 1. The molecule has 4 rings (SSSR count). The van der Waals surface area contributed by atoms with Gasteiger partial charge >= 0.3 is 6.03 Å². The Morgan fingerprint density at radius 3 is 2.93 bits per heavy atom. The molecule has 2 aromatic heterocycles. The zero-order valence-corrected chi connectivity index (χ0v) is 17.7. The SMILES string of the molecule is Cc1nc(N2CCN(CC3=CCC(F)C=C3)C2=O)sc1C(=O)NCc1cnn(C)c1. The standard InChI is InChI=1S/C20H23FN6O2S/c1-13-17(18(28)22-9-15-10-23-25(2)11-15)30-19(24-13)27-8-7-26(20(27)29)12-14-3-5-16(21)6-4-14/h3-5,10-11,16H,6-9,12H2,1-2H3,(H,22,28). The number of aryl methyl sites for hydroxylation is 2. The highest BCUT2D eigenvalue weighted by atomic mass is 32.1. The number of thiazole rings is 1. The molecule has 1 saturated heterocycles. The number of anilines is 1. The molecule has 30 heavy (non-hydrogen) atoms. The first kappa shape index (κ1) is 20.3. The van der Waals surface area contributed by atoms with Gasteiger partial charge in [-0.25, -0.2) is 14.2 Å². The number of allylic oxidation sites excluding steroid dienone is 2. The van der Waals surface area contributed by atoms with Crippen LogP contribution in [0.2, 0.25) is 0 Å². The minimum absolute atomic E-state index is 0.150. The van der Waals surface area contributed by atoms with Crippen LogP contribution in [-0.2, 0) is 13.6 Å². The fourth-order valence-electron chi connectivity index (χ4n) is 3.42. The Hall–Kier alpha value is -3.01. The predicted octanol–water partition coefficient (Wildman–Crippen LogP) is 2.58. The van der Waals surface area contributed by atoms with Crippen molar-refractivity contribution in [3.63, 3.8) is 0 Å². The molecule has 2 aliphatic rings. The van der Waals surface area contributed by atoms with E-state index in [-0.39, 0.29) is 11.9 Å². The molecule has 2 aromatic rings. The van der Waals surface area contributed by atoms with Crippen molar-refractivity contribution in [3.05, 3.63) is 52.3 Å². The quantitative estimate of drug-likeness (QED) is 0.764. The van der Waals surface area contributed by atoms with E-state index in [2.05, 4.69) is 15.4 Å². The number of aromatic nitrogens is 3. The van der Waals surface area contributed by atoms with Crippen LogP contribution in [0.5, 0.6) is 0 Å². The molecule has 0 spiro atoms. The highest BCUT2D eigenvalue weighted by Gasteiger charge is 2.33. The van der Waals surface area contributed by atoms with Crippen LogP contribution in [-0.4, -0.2) is 57.4 Å². The Bertz CT molecular complexity index is 1030. The van der Waals surface area contributed by atoms with Crippen LogP contribution in [0.4, 0.5) is 14.3 Å². The highest BCUT2D eigenvalue weighted by Crippen LogP contribution is 2.29. The first-order chi connectivity index (χ1) is 14.4. The second kappa shape index (κ2) is 8.39. The first-order valence-electron chi connectivity index (χ1n) is 9.71. The molecular weight excluding hydrogens is 407 g/mol. The van der Waals surface area contributed by atoms with E-state index in [9.17, 15) is 14.0 Å². The first-order valence-corrected chi connectivity index (χ1v) is 10.5. The lowest BCUT2D eigenvalue weighted by atomic mass is 10.1. The Morgan fingerprint density at radius 1 is 1.40 bits per heavy atom. The third kappa shape index (κ3) is 4.28. The van der Waals surface area contributed by atoms with E-state index in [0.29, 0.717) is 48.3 Å². The van der Waals surface area contributed by atoms with Crippen LogP contribution >= 0.6 is 11.3 Å². The van der Waals surface area contributed by atoms with Crippen molar-refractivity contribution in [1.82, 2.24) is 25.0 Å². The number of rotatable bonds is 6. The molecule has 3 amide bonds. The summed E-state index contributed by atoms with van der Waals surface area (Å²) in [4.78, 5) is 33.7. The number of carbonyl (C=O) groups is 2. The van der Waals surface area contributed by atoms with Gasteiger partial charge in [0.15, 0.2) is 5.13 Å². The molecule has 0 radical (unpaired) electrons. The van der Waals surface area contributed by atoms with E-state index < -0.39 is 6.17 Å². The van der Waals surface area contributed by atoms with Crippen molar-refractivity contribution < 1.29 is 14.0 Å². The maximum atomic E-state index is 13.2. The maximum Gasteiger partial charge on any atom is 0.326 e. The van der Waals surface area contributed by atoms with Crippen LogP contribution in [0.3, 0.4) is 0 Å². The number of nitrogens with one attached hydrogen (secondary N) is 1. The molecule has 1 fully saturated rings. The van der Waals surface area contributed by atoms with Gasteiger partial charge in [-0.1, -0.05) is 29.6 Å². The fourth-order valence-corrected chi connectivity index (χ4v) is 4.42. The summed E-state index contributed by atoms with van der Waals surface area (Å²) in [5, 5.41) is 7.47. The fraction of sp³-hybridized carbons (Fsp3) is 0.400. The lowest BCUT2D eigenvalue weighted by Crippen LogP contribution is -2.33. The summed E-state index contributed by atoms with van der Waals surface area (Å²) >= 11 is 1.21. The van der Waals surface area contributed by atoms with Crippen LogP contribution in [0.15, 0.2) is 36.2 Å². The maximum absolute atomic E-state index is 13.2. The molecule has 10 heteroatoms. The molecule has 158 valence electrons. The van der Waals surface area contributed by atoms with Crippen molar-refractivity contribution in [2.75, 3.05) is 24.5 Å². The molecule has 1 unspecified atom stereocenters. The predicted molar refractivity (Wildman–Crippen MR) is 112 cm³/mol. The second-order valence-electron chi connectivity index (χ2n) is 7.36. The lowest BCUT2D eigenvalue weighted by Gasteiger charge is -2.19. The summed E-state index contributed by atoms with van der Waals surface area (Å²) < 4.78 is 14.9. The van der Waals surface area contributed by atoms with Gasteiger partial charge in [0.2, 0.25) is 0 Å². The van der Waals surface area contributed by atoms with Gasteiger partial charge in [0.05, 0.1) is 11.9 Å². The number of hydrogen-bond donors (Lipinski definition) is 1. The van der Waals surface area contributed by atoms with Crippen molar-refractivity contribution in [2.24, 2.45) is 7.05 Å². The molecule has 0 saturated carbocycles. The Kier molecular flexibility index (Phi) is 5.67. The number of halogens is 1. The summed E-state index contributed by atoms with van der Waals surface area (Å²) in [7, 11) is 1.82. The molecule has 3 heterocycles. The van der Waals surface area contributed by atoms with Crippen molar-refractivity contribution in [2.45, 2.75) is 26.1 Å². The molecule has 1 N–H and O–H groups in total. The Labute approximate surface area is 177 Å². The van der Waals surface area contributed by atoms with Gasteiger partial charge < -0.3 is 10.2 Å². The number of carbonyl (C=O) groups excluding carboxylic acids is 2. The summed E-state index contributed by atoms with van der Waals surface area (Å²) in [5.74, 6) is -0.220. The molecule has 0 bridgehead atoms. The normalized spacial score (nSPS) is 18.8. The molecule has 1 atom stereocenters. The van der Waals surface area contributed by atoms with Crippen molar-refractivity contribution in [1.29, 1.82) is 0 Å². The van der Waals surface area contributed by atoms with E-state index >= 15 is 0 Å². The number of urea groups is 1. The van der Waals surface area contributed by atoms with E-state index in [1.807, 2.05) is 19.3 Å². The van der Waals surface area contributed by atoms with Crippen LogP contribution in [0.25, 0.3) is 0 Å². The van der Waals surface area contributed by atoms with Crippen molar-refractivity contribution in [3.8, 4) is 0 Å². The molecule has 0 aromatic carbocycles. The van der Waals surface area contributed by atoms with Gasteiger partial charge in [0.1, 0.15) is 11.0 Å². The summed E-state index contributed by atoms with van der Waals surface area (Å²) in [5.41, 5.74) is 2.44. The van der Waals surface area contributed by atoms with Gasteiger partial charge in [-0.15, -0.1) is 0 Å². The Morgan fingerprint density at radius 2 is 2.23 bits per heavy atom. The van der Waals surface area contributed by atoms with Crippen LogP contribution < -0.4 is 10.2 Å². The van der Waals surface area contributed by atoms with E-state index in [4.69, 9.17) is 0 Å². The van der Waals surface area contributed by atoms with E-state index in [1.54, 1.807) is 33.7 Å². The average Bonchev–Trinajstić information content (AvgIpc) is 3.41. The minimum Gasteiger partial charge on any atom is -0.347 e. The van der Waals surface area contributed by atoms with Crippen LogP contribution in [0, 0.1) is 6.92 Å². The zero-order chi connectivity index (χ0) is 21.3. The van der Waals surface area contributed by atoms with Gasteiger partial charge in [-0.3, -0.25) is 14.4 Å². The second-order valence-corrected chi connectivity index (χ2v) is 8.34. The third-order valence-corrected chi connectivity index (χ3v) is 6.21. The molecular formula is C20H23FN6O2S. The molecule has 8 nitrogen and oxygen atoms in total. The number of nitrogens with zero attached hydrogens (tertiary/aromatic N) is 5. The monoisotopic (exact) mass is 430 g/mol. The molecule has 1 aliphatic carbocycles. The minimum atomic E-state index is -0.944. The summed E-state index contributed by atoms with van der Waals surface area (Å²) in [6.07, 6.45) is 8.04. The third-order valence-electron chi connectivity index (χ3n) is 5.03. The number of amides is 3. The smallest absolute Gasteiger partial charge is 0.326 e.